The van der Waals surface area contributed by atoms with Crippen molar-refractivity contribution in [3.63, 3.8) is 0 Å². The van der Waals surface area contributed by atoms with Gasteiger partial charge in [-0.2, -0.15) is 0 Å². The summed E-state index contributed by atoms with van der Waals surface area (Å²) in [5, 5.41) is 7.95. The van der Waals surface area contributed by atoms with Gasteiger partial charge < -0.3 is 58.8 Å². The molecular formula is C60H96N12. The Balaban J connectivity index is 0.000000234. The van der Waals surface area contributed by atoms with Crippen molar-refractivity contribution in [2.45, 2.75) is 39.3 Å². The summed E-state index contributed by atoms with van der Waals surface area (Å²) < 4.78 is 0. The molecule has 0 amide bonds. The van der Waals surface area contributed by atoms with Crippen LogP contribution in [0.1, 0.15) is 33.4 Å². The van der Waals surface area contributed by atoms with Gasteiger partial charge in [0.25, 0.3) is 0 Å². The van der Waals surface area contributed by atoms with E-state index in [9.17, 15) is 0 Å². The number of benzene rings is 6. The van der Waals surface area contributed by atoms with E-state index in [1.807, 2.05) is 0 Å². The highest BCUT2D eigenvalue weighted by Gasteiger charge is 2.21. The lowest BCUT2D eigenvalue weighted by Gasteiger charge is -2.28. The highest BCUT2D eigenvalue weighted by Crippen LogP contribution is 2.42. The first kappa shape index (κ1) is 59.2. The fourth-order valence-corrected chi connectivity index (χ4v) is 10.3. The quantitative estimate of drug-likeness (QED) is 0.0825. The Morgan fingerprint density at radius 3 is 0.417 bits per heavy atom. The average molecular weight is 986 g/mol. The molecule has 0 radical (unpaired) electrons. The molecule has 396 valence electrons. The minimum absolute atomic E-state index is 0.939. The van der Waals surface area contributed by atoms with Crippen molar-refractivity contribution in [1.82, 2.24) is 29.4 Å². The Hall–Kier alpha value is -5.34. The van der Waals surface area contributed by atoms with Gasteiger partial charge in [-0.05, 0) is 134 Å². The maximum atomic E-state index is 2.27. The molecule has 6 aromatic carbocycles. The van der Waals surface area contributed by atoms with Crippen molar-refractivity contribution in [2.75, 3.05) is 199 Å². The standard InChI is InChI=1S/3C20H32N4/c3*1-21(2)13-16-11-9-15-10-12-17(14-22(3)4)20(24(7)8)18(15)19(16)23(5)6/h3*9-12H,13-14H2,1-8H3. The molecule has 6 aromatic rings. The van der Waals surface area contributed by atoms with Gasteiger partial charge in [0.05, 0.1) is 34.1 Å². The number of anilines is 6. The molecule has 12 nitrogen and oxygen atoms in total. The normalized spacial score (nSPS) is 11.6. The van der Waals surface area contributed by atoms with Gasteiger partial charge in [0.1, 0.15) is 0 Å². The minimum Gasteiger partial charge on any atom is -0.377 e. The Labute approximate surface area is 438 Å². The molecule has 12 heteroatoms. The summed E-state index contributed by atoms with van der Waals surface area (Å²) in [5.41, 5.74) is 16.1. The highest BCUT2D eigenvalue weighted by molar-refractivity contribution is 6.08. The lowest BCUT2D eigenvalue weighted by atomic mass is 9.97. The lowest BCUT2D eigenvalue weighted by molar-refractivity contribution is 0.402. The molecule has 0 aromatic heterocycles. The van der Waals surface area contributed by atoms with E-state index in [0.29, 0.717) is 0 Å². The van der Waals surface area contributed by atoms with Crippen LogP contribution in [0, 0.1) is 0 Å². The second kappa shape index (κ2) is 26.0. The lowest BCUT2D eigenvalue weighted by Crippen LogP contribution is -2.20. The van der Waals surface area contributed by atoms with Gasteiger partial charge in [-0.3, -0.25) is 0 Å². The summed E-state index contributed by atoms with van der Waals surface area (Å²) in [4.78, 5) is 26.9. The summed E-state index contributed by atoms with van der Waals surface area (Å²) in [5.74, 6) is 0. The van der Waals surface area contributed by atoms with Crippen LogP contribution in [0.2, 0.25) is 0 Å². The van der Waals surface area contributed by atoms with Crippen LogP contribution in [0.15, 0.2) is 72.8 Å². The van der Waals surface area contributed by atoms with Crippen molar-refractivity contribution < 1.29 is 0 Å². The van der Waals surface area contributed by atoms with Gasteiger partial charge >= 0.3 is 0 Å². The van der Waals surface area contributed by atoms with E-state index in [1.54, 1.807) is 0 Å². The molecule has 0 saturated heterocycles. The molecule has 0 saturated carbocycles. The first-order valence-corrected chi connectivity index (χ1v) is 25.3. The fraction of sp³-hybridized carbons (Fsp3) is 0.500. The second-order valence-electron chi connectivity index (χ2n) is 22.5. The number of rotatable bonds is 18. The number of hydrogen-bond acceptors (Lipinski definition) is 12. The van der Waals surface area contributed by atoms with Crippen LogP contribution in [0.5, 0.6) is 0 Å². The molecule has 0 fully saturated rings. The number of nitrogens with zero attached hydrogens (tertiary/aromatic N) is 12. The van der Waals surface area contributed by atoms with E-state index in [-0.39, 0.29) is 0 Å². The topological polar surface area (TPSA) is 38.9 Å². The van der Waals surface area contributed by atoms with Crippen LogP contribution < -0.4 is 29.4 Å². The minimum atomic E-state index is 0.939. The average Bonchev–Trinajstić information content (AvgIpc) is 3.24. The van der Waals surface area contributed by atoms with Crippen molar-refractivity contribution in [2.24, 2.45) is 0 Å². The van der Waals surface area contributed by atoms with Crippen molar-refractivity contribution in [1.29, 1.82) is 0 Å². The van der Waals surface area contributed by atoms with Crippen molar-refractivity contribution >= 4 is 66.4 Å². The predicted octanol–water partition coefficient (Wildman–Crippen LogP) is 9.29. The van der Waals surface area contributed by atoms with E-state index >= 15 is 0 Å². The third-order valence-electron chi connectivity index (χ3n) is 12.5. The molecule has 0 aliphatic carbocycles. The molecule has 0 atom stereocenters. The number of fused-ring (bicyclic) bond motifs is 3. The molecule has 0 aliphatic rings. The SMILES string of the molecule is CN(C)Cc1ccc2ccc(CN(C)C)c(N(C)C)c2c1N(C)C.CN(C)Cc1ccc2ccc(CN(C)C)c(N(C)C)c2c1N(C)C.CN(C)Cc1ccc2ccc(CN(C)C)c(N(C)C)c2c1N(C)C. The van der Waals surface area contributed by atoms with Crippen LogP contribution in [0.3, 0.4) is 0 Å². The van der Waals surface area contributed by atoms with Gasteiger partial charge in [0.15, 0.2) is 0 Å². The zero-order chi connectivity index (χ0) is 54.0. The molecule has 0 N–H and O–H groups in total. The van der Waals surface area contributed by atoms with Gasteiger partial charge in [-0.1, -0.05) is 72.8 Å². The molecule has 72 heavy (non-hydrogen) atoms. The Morgan fingerprint density at radius 1 is 0.194 bits per heavy atom. The zero-order valence-electron chi connectivity index (χ0n) is 49.5. The van der Waals surface area contributed by atoms with E-state index in [0.717, 1.165) is 39.3 Å². The highest BCUT2D eigenvalue weighted by atomic mass is 15.1. The largest absolute Gasteiger partial charge is 0.377 e. The first-order chi connectivity index (χ1) is 33.7. The Kier molecular flexibility index (Phi) is 21.4. The second-order valence-corrected chi connectivity index (χ2v) is 22.5. The summed E-state index contributed by atoms with van der Waals surface area (Å²) in [7, 11) is 51.2. The third kappa shape index (κ3) is 14.9. The fourth-order valence-electron chi connectivity index (χ4n) is 10.3. The monoisotopic (exact) mass is 985 g/mol. The van der Waals surface area contributed by atoms with E-state index in [2.05, 4.69) is 301 Å². The van der Waals surface area contributed by atoms with E-state index in [4.69, 9.17) is 0 Å². The van der Waals surface area contributed by atoms with Crippen molar-refractivity contribution in [3.05, 3.63) is 106 Å². The summed E-state index contributed by atoms with van der Waals surface area (Å²) >= 11 is 0. The van der Waals surface area contributed by atoms with Crippen molar-refractivity contribution in [3.8, 4) is 0 Å². The maximum Gasteiger partial charge on any atom is 0.0507 e. The molecule has 0 aliphatic heterocycles. The van der Waals surface area contributed by atoms with Crippen LogP contribution in [0.25, 0.3) is 32.3 Å². The predicted molar refractivity (Wildman–Crippen MR) is 322 cm³/mol. The first-order valence-electron chi connectivity index (χ1n) is 25.3. The van der Waals surface area contributed by atoms with Gasteiger partial charge in [-0.25, -0.2) is 0 Å². The Bertz CT molecular complexity index is 2230. The molecular weight excluding hydrogens is 889 g/mol. The summed E-state index contributed by atoms with van der Waals surface area (Å²) in [6, 6.07) is 27.1. The van der Waals surface area contributed by atoms with E-state index in [1.165, 1.54) is 99.8 Å². The Morgan fingerprint density at radius 2 is 0.319 bits per heavy atom. The van der Waals surface area contributed by atoms with Crippen LogP contribution >= 0.6 is 0 Å². The van der Waals surface area contributed by atoms with Crippen LogP contribution in [0.4, 0.5) is 34.1 Å². The molecule has 0 bridgehead atoms. The third-order valence-corrected chi connectivity index (χ3v) is 12.5. The zero-order valence-corrected chi connectivity index (χ0v) is 49.5. The molecule has 6 rings (SSSR count). The van der Waals surface area contributed by atoms with Crippen LogP contribution in [-0.4, -0.2) is 199 Å². The van der Waals surface area contributed by atoms with E-state index < -0.39 is 0 Å². The van der Waals surface area contributed by atoms with Gasteiger partial charge in [0.2, 0.25) is 0 Å². The molecule has 0 spiro atoms. The summed E-state index contributed by atoms with van der Waals surface area (Å²) in [6.07, 6.45) is 0. The molecule has 0 heterocycles. The maximum absolute atomic E-state index is 2.27. The van der Waals surface area contributed by atoms with Gasteiger partial charge in [-0.15, -0.1) is 0 Å². The summed E-state index contributed by atoms with van der Waals surface area (Å²) in [6.45, 7) is 5.63. The smallest absolute Gasteiger partial charge is 0.0507 e. The molecule has 0 unspecified atom stereocenters. The van der Waals surface area contributed by atoms with Gasteiger partial charge in [0, 0.05) is 140 Å². The number of hydrogen-bond donors (Lipinski definition) is 0. The van der Waals surface area contributed by atoms with Crippen LogP contribution in [-0.2, 0) is 39.3 Å².